The highest BCUT2D eigenvalue weighted by atomic mass is 32.1. The Morgan fingerprint density at radius 3 is 2.70 bits per heavy atom. The van der Waals surface area contributed by atoms with Crippen molar-refractivity contribution in [1.29, 1.82) is 0 Å². The van der Waals surface area contributed by atoms with Crippen molar-refractivity contribution in [2.24, 2.45) is 5.92 Å². The summed E-state index contributed by atoms with van der Waals surface area (Å²) >= 11 is 1.36. The third-order valence-electron chi connectivity index (χ3n) is 6.93. The van der Waals surface area contributed by atoms with Gasteiger partial charge in [-0.25, -0.2) is 0 Å². The molecule has 2 N–H and O–H groups in total. The van der Waals surface area contributed by atoms with Crippen molar-refractivity contribution >= 4 is 35.0 Å². The molecule has 3 aliphatic heterocycles. The Morgan fingerprint density at radius 2 is 1.97 bits per heavy atom. The first-order valence-electron chi connectivity index (χ1n) is 10.8. The summed E-state index contributed by atoms with van der Waals surface area (Å²) in [6.45, 7) is 0.802. The summed E-state index contributed by atoms with van der Waals surface area (Å²) in [7, 11) is 0. The van der Waals surface area contributed by atoms with E-state index in [4.69, 9.17) is 0 Å². The molecule has 4 unspecified atom stereocenters. The molecule has 3 saturated heterocycles. The van der Waals surface area contributed by atoms with Gasteiger partial charge >= 0.3 is 0 Å². The maximum absolute atomic E-state index is 13.5. The molecule has 30 heavy (non-hydrogen) atoms. The molecule has 1 aromatic heterocycles. The summed E-state index contributed by atoms with van der Waals surface area (Å²) in [4.78, 5) is 55.7. The van der Waals surface area contributed by atoms with Crippen LogP contribution in [0.25, 0.3) is 0 Å². The van der Waals surface area contributed by atoms with E-state index in [9.17, 15) is 19.2 Å². The van der Waals surface area contributed by atoms with Gasteiger partial charge in [0.05, 0.1) is 10.9 Å². The van der Waals surface area contributed by atoms with Crippen LogP contribution in [-0.2, 0) is 14.4 Å². The molecule has 4 atom stereocenters. The number of hydrogen-bond donors (Lipinski definition) is 2. The highest BCUT2D eigenvalue weighted by Gasteiger charge is 2.53. The van der Waals surface area contributed by atoms with Crippen LogP contribution in [0.3, 0.4) is 0 Å². The maximum Gasteiger partial charge on any atom is 0.261 e. The number of likely N-dealkylation sites (tertiary alicyclic amines) is 1. The monoisotopic (exact) mass is 430 g/mol. The Morgan fingerprint density at radius 1 is 1.17 bits per heavy atom. The molecule has 9 heteroatoms. The van der Waals surface area contributed by atoms with Gasteiger partial charge in [0, 0.05) is 25.0 Å². The van der Waals surface area contributed by atoms with Gasteiger partial charge in [0.15, 0.2) is 0 Å². The topological polar surface area (TPSA) is 98.8 Å². The summed E-state index contributed by atoms with van der Waals surface area (Å²) in [5.41, 5.74) is 0. The molecule has 0 spiro atoms. The van der Waals surface area contributed by atoms with E-state index in [-0.39, 0.29) is 41.6 Å². The van der Waals surface area contributed by atoms with Gasteiger partial charge in [-0.3, -0.25) is 19.2 Å². The Bertz CT molecular complexity index is 866. The lowest BCUT2D eigenvalue weighted by molar-refractivity contribution is -0.146. The lowest BCUT2D eigenvalue weighted by Gasteiger charge is -2.30. The van der Waals surface area contributed by atoms with Crippen LogP contribution in [0, 0.1) is 5.92 Å². The van der Waals surface area contributed by atoms with Crippen LogP contribution >= 0.6 is 11.3 Å². The predicted octanol–water partition coefficient (Wildman–Crippen LogP) is 0.737. The fraction of sp³-hybridized carbons (Fsp3) is 0.619. The van der Waals surface area contributed by atoms with Gasteiger partial charge in [0.25, 0.3) is 5.91 Å². The number of carbonyl (C=O) groups excluding carboxylic acids is 4. The van der Waals surface area contributed by atoms with E-state index in [0.29, 0.717) is 30.8 Å². The Labute approximate surface area is 179 Å². The number of rotatable bonds is 3. The molecule has 0 bridgehead atoms. The largest absolute Gasteiger partial charge is 0.349 e. The fourth-order valence-electron chi connectivity index (χ4n) is 5.45. The number of nitrogens with one attached hydrogen (secondary N) is 2. The van der Waals surface area contributed by atoms with E-state index >= 15 is 0 Å². The first kappa shape index (κ1) is 19.5. The predicted molar refractivity (Wildman–Crippen MR) is 110 cm³/mol. The Kier molecular flexibility index (Phi) is 5.00. The number of carbonyl (C=O) groups is 4. The van der Waals surface area contributed by atoms with Crippen LogP contribution in [0.15, 0.2) is 17.5 Å². The second kappa shape index (κ2) is 7.68. The highest BCUT2D eigenvalue weighted by Crippen LogP contribution is 2.33. The molecule has 1 aromatic rings. The summed E-state index contributed by atoms with van der Waals surface area (Å²) in [5, 5.41) is 7.81. The van der Waals surface area contributed by atoms with Gasteiger partial charge in [-0.1, -0.05) is 18.9 Å². The summed E-state index contributed by atoms with van der Waals surface area (Å²) in [5.74, 6) is -0.471. The van der Waals surface area contributed by atoms with Gasteiger partial charge in [-0.15, -0.1) is 11.3 Å². The smallest absolute Gasteiger partial charge is 0.261 e. The molecule has 4 amide bonds. The van der Waals surface area contributed by atoms with E-state index in [1.165, 1.54) is 11.3 Å². The van der Waals surface area contributed by atoms with Crippen molar-refractivity contribution < 1.29 is 19.2 Å². The molecule has 1 aliphatic carbocycles. The number of nitrogens with zero attached hydrogens (tertiary/aromatic N) is 2. The van der Waals surface area contributed by atoms with Crippen molar-refractivity contribution in [3.8, 4) is 0 Å². The zero-order valence-corrected chi connectivity index (χ0v) is 17.5. The minimum Gasteiger partial charge on any atom is -0.349 e. The van der Waals surface area contributed by atoms with Crippen LogP contribution in [0.5, 0.6) is 0 Å². The molecule has 8 nitrogen and oxygen atoms in total. The van der Waals surface area contributed by atoms with Crippen LogP contribution in [0.2, 0.25) is 0 Å². The third-order valence-corrected chi connectivity index (χ3v) is 7.80. The molecule has 160 valence electrons. The van der Waals surface area contributed by atoms with Crippen molar-refractivity contribution in [1.82, 2.24) is 20.4 Å². The van der Waals surface area contributed by atoms with E-state index in [1.54, 1.807) is 15.9 Å². The van der Waals surface area contributed by atoms with Crippen LogP contribution in [-0.4, -0.2) is 70.7 Å². The molecule has 4 fully saturated rings. The van der Waals surface area contributed by atoms with Crippen LogP contribution < -0.4 is 10.6 Å². The number of fused-ring (bicyclic) bond motifs is 2. The molecule has 1 saturated carbocycles. The molecule has 4 aliphatic rings. The normalized spacial score (nSPS) is 31.3. The standard InChI is InChI=1S/C21H26N4O4S/c26-18-15-10-13(22-19(27)16-6-3-9-30-16)11-25(15)21(29)17-14(23-18)7-8-24(17)20(28)12-4-1-2-5-12/h3,6,9,12-15,17H,1-2,4-5,7-8,10-11H2,(H,22,27)(H,23,26). The molecule has 0 radical (unpaired) electrons. The van der Waals surface area contributed by atoms with Crippen molar-refractivity contribution in [3.05, 3.63) is 22.4 Å². The van der Waals surface area contributed by atoms with E-state index in [1.807, 2.05) is 11.4 Å². The van der Waals surface area contributed by atoms with Crippen LogP contribution in [0.1, 0.15) is 48.2 Å². The number of amides is 4. The van der Waals surface area contributed by atoms with Crippen molar-refractivity contribution in [3.63, 3.8) is 0 Å². The Balaban J connectivity index is 1.33. The van der Waals surface area contributed by atoms with E-state index in [0.717, 1.165) is 25.7 Å². The molecular formula is C21H26N4O4S. The van der Waals surface area contributed by atoms with Gasteiger partial charge < -0.3 is 20.4 Å². The molecule has 4 heterocycles. The second-order valence-corrected chi connectivity index (χ2v) is 9.70. The van der Waals surface area contributed by atoms with E-state index < -0.39 is 12.1 Å². The SMILES string of the molecule is O=C(NC1CC2C(=O)NC3CCN(C(=O)C4CCCC4)C3C(=O)N2C1)c1cccs1. The average Bonchev–Trinajstić information content (AvgIpc) is 3.53. The second-order valence-electron chi connectivity index (χ2n) is 8.75. The van der Waals surface area contributed by atoms with Gasteiger partial charge in [0.2, 0.25) is 17.7 Å². The lowest BCUT2D eigenvalue weighted by Crippen LogP contribution is -2.53. The fourth-order valence-corrected chi connectivity index (χ4v) is 6.08. The van der Waals surface area contributed by atoms with E-state index in [2.05, 4.69) is 10.6 Å². The van der Waals surface area contributed by atoms with Crippen molar-refractivity contribution in [2.45, 2.75) is 62.7 Å². The number of thiophene rings is 1. The Hall–Kier alpha value is -2.42. The minimum absolute atomic E-state index is 0.00251. The zero-order valence-electron chi connectivity index (χ0n) is 16.7. The minimum atomic E-state index is -0.626. The van der Waals surface area contributed by atoms with Crippen LogP contribution in [0.4, 0.5) is 0 Å². The molecule has 5 rings (SSSR count). The maximum atomic E-state index is 13.5. The first-order valence-corrected chi connectivity index (χ1v) is 11.7. The van der Waals surface area contributed by atoms with Gasteiger partial charge in [-0.2, -0.15) is 0 Å². The summed E-state index contributed by atoms with van der Waals surface area (Å²) in [6, 6.07) is 1.74. The molecular weight excluding hydrogens is 404 g/mol. The quantitative estimate of drug-likeness (QED) is 0.739. The first-order chi connectivity index (χ1) is 14.5. The molecule has 0 aromatic carbocycles. The lowest BCUT2D eigenvalue weighted by atomic mass is 10.0. The zero-order chi connectivity index (χ0) is 20.8. The van der Waals surface area contributed by atoms with Gasteiger partial charge in [-0.05, 0) is 37.1 Å². The summed E-state index contributed by atoms with van der Waals surface area (Å²) < 4.78 is 0. The highest BCUT2D eigenvalue weighted by molar-refractivity contribution is 7.12. The summed E-state index contributed by atoms with van der Waals surface area (Å²) in [6.07, 6.45) is 4.89. The van der Waals surface area contributed by atoms with Gasteiger partial charge in [0.1, 0.15) is 12.1 Å². The third kappa shape index (κ3) is 3.29. The average molecular weight is 431 g/mol. The number of hydrogen-bond acceptors (Lipinski definition) is 5. The van der Waals surface area contributed by atoms with Crippen molar-refractivity contribution in [2.75, 3.05) is 13.1 Å².